The Bertz CT molecular complexity index is 2290. The van der Waals surface area contributed by atoms with E-state index in [-0.39, 0.29) is 22.8 Å². The van der Waals surface area contributed by atoms with E-state index in [1.165, 1.54) is 23.5 Å². The number of piperazine rings is 1. The van der Waals surface area contributed by atoms with E-state index in [2.05, 4.69) is 109 Å². The summed E-state index contributed by atoms with van der Waals surface area (Å²) in [6, 6.07) is 31.6. The van der Waals surface area contributed by atoms with Gasteiger partial charge in [0.25, 0.3) is 0 Å². The van der Waals surface area contributed by atoms with Crippen LogP contribution in [0.25, 0.3) is 16.9 Å². The van der Waals surface area contributed by atoms with Gasteiger partial charge in [0.05, 0.1) is 24.0 Å². The average molecular weight is 817 g/mol. The van der Waals surface area contributed by atoms with E-state index in [9.17, 15) is 9.18 Å². The lowest BCUT2D eigenvalue weighted by Crippen LogP contribution is -2.64. The molecular weight excluding hydrogens is 764 g/mol. The van der Waals surface area contributed by atoms with Gasteiger partial charge in [-0.3, -0.25) is 9.69 Å². The monoisotopic (exact) mass is 816 g/mol. The average Bonchev–Trinajstić information content (AvgIpc) is 4.03. The molecule has 302 valence electrons. The number of anilines is 3. The standard InChI is InChI=1S/C45H53FN8O2SSi/c1-6-36-42(50(5)43-48-37(31-57-43)32-19-21-35(46)22-20-32)54-39(47-36)23-24-40(49-54)53-28-27-52(30-41(55)51-25-13-14-26-51)38(29-53)45(56-58-44(2,3)4,33-15-9-7-10-16-33)34-17-11-8-12-18-34/h7-12,15-24,31,38H,6,13-14,25-30,58H2,1-5H3. The zero-order valence-corrected chi connectivity index (χ0v) is 36.4. The number of hydrogen-bond donors (Lipinski definition) is 0. The van der Waals surface area contributed by atoms with Crippen molar-refractivity contribution in [3.8, 4) is 11.3 Å². The lowest BCUT2D eigenvalue weighted by atomic mass is 9.78. The first kappa shape index (κ1) is 39.9. The van der Waals surface area contributed by atoms with Gasteiger partial charge in [0, 0.05) is 50.7 Å². The number of hydrogen-bond acceptors (Lipinski definition) is 9. The number of benzene rings is 3. The van der Waals surface area contributed by atoms with Crippen LogP contribution in [0, 0.1) is 5.82 Å². The molecule has 3 aromatic carbocycles. The van der Waals surface area contributed by atoms with Gasteiger partial charge in [0.1, 0.15) is 17.2 Å². The van der Waals surface area contributed by atoms with Crippen LogP contribution in [-0.4, -0.2) is 97.4 Å². The first-order valence-electron chi connectivity index (χ1n) is 20.4. The van der Waals surface area contributed by atoms with Crippen molar-refractivity contribution in [3.63, 3.8) is 0 Å². The number of aryl methyl sites for hydroxylation is 1. The molecule has 1 unspecified atom stereocenters. The van der Waals surface area contributed by atoms with Gasteiger partial charge in [0.2, 0.25) is 5.91 Å². The molecule has 10 nitrogen and oxygen atoms in total. The molecule has 0 saturated carbocycles. The van der Waals surface area contributed by atoms with Crippen LogP contribution in [0.2, 0.25) is 5.04 Å². The Balaban J connectivity index is 1.20. The number of fused-ring (bicyclic) bond motifs is 1. The van der Waals surface area contributed by atoms with Gasteiger partial charge < -0.3 is 19.1 Å². The fourth-order valence-electron chi connectivity index (χ4n) is 8.32. The molecule has 0 bridgehead atoms. The molecule has 2 aliphatic rings. The van der Waals surface area contributed by atoms with E-state index in [1.54, 1.807) is 12.1 Å². The smallest absolute Gasteiger partial charge is 0.236 e. The molecule has 0 aliphatic carbocycles. The molecule has 0 spiro atoms. The van der Waals surface area contributed by atoms with Crippen LogP contribution >= 0.6 is 11.3 Å². The van der Waals surface area contributed by atoms with Crippen molar-refractivity contribution >= 4 is 49.4 Å². The maximum Gasteiger partial charge on any atom is 0.236 e. The zero-order valence-electron chi connectivity index (χ0n) is 34.1. The molecule has 0 radical (unpaired) electrons. The van der Waals surface area contributed by atoms with Crippen LogP contribution in [0.1, 0.15) is 57.4 Å². The highest BCUT2D eigenvalue weighted by Gasteiger charge is 2.49. The molecule has 2 aliphatic heterocycles. The maximum absolute atomic E-state index is 14.0. The summed E-state index contributed by atoms with van der Waals surface area (Å²) in [6.45, 7) is 12.8. The molecular formula is C45H53FN8O2SSi. The number of rotatable bonds is 12. The summed E-state index contributed by atoms with van der Waals surface area (Å²) in [5, 5.41) is 8.13. The lowest BCUT2D eigenvalue weighted by Gasteiger charge is -2.52. The van der Waals surface area contributed by atoms with Gasteiger partial charge in [-0.05, 0) is 71.8 Å². The van der Waals surface area contributed by atoms with Crippen molar-refractivity contribution in [2.75, 3.05) is 56.1 Å². The second-order valence-electron chi connectivity index (χ2n) is 16.6. The predicted molar refractivity (Wildman–Crippen MR) is 234 cm³/mol. The van der Waals surface area contributed by atoms with E-state index in [4.69, 9.17) is 19.5 Å². The van der Waals surface area contributed by atoms with Crippen molar-refractivity contribution in [3.05, 3.63) is 125 Å². The van der Waals surface area contributed by atoms with Crippen LogP contribution in [0.4, 0.5) is 21.2 Å². The first-order valence-corrected chi connectivity index (χ1v) is 22.6. The molecule has 1 amide bonds. The van der Waals surface area contributed by atoms with Crippen molar-refractivity contribution in [1.29, 1.82) is 0 Å². The number of carbonyl (C=O) groups excluding carboxylic acids is 1. The third-order valence-electron chi connectivity index (χ3n) is 11.3. The number of aromatic nitrogens is 4. The highest BCUT2D eigenvalue weighted by atomic mass is 32.1. The van der Waals surface area contributed by atoms with Crippen molar-refractivity contribution in [2.24, 2.45) is 0 Å². The van der Waals surface area contributed by atoms with Gasteiger partial charge in [-0.15, -0.1) is 16.4 Å². The fraction of sp³-hybridized carbons (Fsp3) is 0.378. The number of amides is 1. The summed E-state index contributed by atoms with van der Waals surface area (Å²) < 4.78 is 23.2. The Morgan fingerprint density at radius 3 is 2.21 bits per heavy atom. The van der Waals surface area contributed by atoms with E-state index in [1.807, 2.05) is 27.9 Å². The molecule has 2 fully saturated rings. The number of thiazole rings is 1. The van der Waals surface area contributed by atoms with Gasteiger partial charge in [-0.1, -0.05) is 88.4 Å². The van der Waals surface area contributed by atoms with E-state index in [0.29, 0.717) is 32.6 Å². The lowest BCUT2D eigenvalue weighted by molar-refractivity contribution is -0.133. The van der Waals surface area contributed by atoms with Crippen LogP contribution in [0.3, 0.4) is 0 Å². The molecule has 3 aromatic heterocycles. The van der Waals surface area contributed by atoms with Crippen LogP contribution in [-0.2, 0) is 21.2 Å². The summed E-state index contributed by atoms with van der Waals surface area (Å²) in [7, 11) is 0.889. The Morgan fingerprint density at radius 2 is 1.57 bits per heavy atom. The number of nitrogens with zero attached hydrogens (tertiary/aromatic N) is 8. The Labute approximate surface area is 347 Å². The molecule has 13 heteroatoms. The molecule has 1 atom stereocenters. The van der Waals surface area contributed by atoms with E-state index >= 15 is 0 Å². The molecule has 0 N–H and O–H groups in total. The van der Waals surface area contributed by atoms with Crippen molar-refractivity contribution in [2.45, 2.75) is 63.6 Å². The minimum atomic E-state index is -1.11. The molecule has 6 aromatic rings. The van der Waals surface area contributed by atoms with Crippen LogP contribution < -0.4 is 9.80 Å². The third-order valence-corrected chi connectivity index (χ3v) is 13.7. The number of carbonyl (C=O) groups is 1. The number of likely N-dealkylation sites (tertiary alicyclic amines) is 1. The summed E-state index contributed by atoms with van der Waals surface area (Å²) in [6.07, 6.45) is 2.82. The molecule has 8 rings (SSSR count). The molecule has 58 heavy (non-hydrogen) atoms. The normalized spacial score (nSPS) is 16.9. The fourth-order valence-corrected chi connectivity index (χ4v) is 10.3. The summed E-state index contributed by atoms with van der Waals surface area (Å²) >= 11 is 1.53. The highest BCUT2D eigenvalue weighted by molar-refractivity contribution is 7.14. The van der Waals surface area contributed by atoms with E-state index in [0.717, 1.165) is 76.4 Å². The second-order valence-corrected chi connectivity index (χ2v) is 20.2. The van der Waals surface area contributed by atoms with Crippen molar-refractivity contribution in [1.82, 2.24) is 29.4 Å². The van der Waals surface area contributed by atoms with E-state index < -0.39 is 15.4 Å². The highest BCUT2D eigenvalue weighted by Crippen LogP contribution is 2.43. The summed E-state index contributed by atoms with van der Waals surface area (Å²) in [4.78, 5) is 32.8. The second kappa shape index (κ2) is 16.7. The van der Waals surface area contributed by atoms with Gasteiger partial charge >= 0.3 is 0 Å². The largest absolute Gasteiger partial charge is 0.408 e. The Kier molecular flexibility index (Phi) is 11.5. The Hall–Kier alpha value is -4.95. The topological polar surface area (TPSA) is 82.3 Å². The minimum absolute atomic E-state index is 0.0179. The third kappa shape index (κ3) is 8.05. The molecule has 5 heterocycles. The maximum atomic E-state index is 14.0. The Morgan fingerprint density at radius 1 is 0.897 bits per heavy atom. The van der Waals surface area contributed by atoms with Crippen LogP contribution in [0.15, 0.2) is 102 Å². The number of imidazole rings is 1. The zero-order chi connectivity index (χ0) is 40.4. The quantitative estimate of drug-likeness (QED) is 0.116. The predicted octanol–water partition coefficient (Wildman–Crippen LogP) is 7.70. The van der Waals surface area contributed by atoms with Gasteiger partial charge in [-0.2, -0.15) is 4.52 Å². The summed E-state index contributed by atoms with van der Waals surface area (Å²) in [5.74, 6) is 1.59. The van der Waals surface area contributed by atoms with Gasteiger partial charge in [0.15, 0.2) is 26.4 Å². The summed E-state index contributed by atoms with van der Waals surface area (Å²) in [5.41, 5.74) is 4.64. The molecule has 2 saturated heterocycles. The minimum Gasteiger partial charge on any atom is -0.408 e. The van der Waals surface area contributed by atoms with Crippen molar-refractivity contribution < 1.29 is 13.6 Å². The van der Waals surface area contributed by atoms with Crippen LogP contribution in [0.5, 0.6) is 0 Å². The first-order chi connectivity index (χ1) is 28.0. The number of halogens is 1. The van der Waals surface area contributed by atoms with Gasteiger partial charge in [-0.25, -0.2) is 14.4 Å². The SMILES string of the molecule is CCc1nc2ccc(N3CCN(CC(=O)N4CCCC4)C(C(O[SiH2]C(C)(C)C)(c4ccccc4)c4ccccc4)C3)nn2c1N(C)c1nc(-c2ccc(F)cc2)cs1.